The van der Waals surface area contributed by atoms with Crippen LogP contribution in [0.2, 0.25) is 5.02 Å². The van der Waals surface area contributed by atoms with E-state index in [2.05, 4.69) is 31.4 Å². The van der Waals surface area contributed by atoms with Crippen molar-refractivity contribution in [2.24, 2.45) is 5.92 Å². The van der Waals surface area contributed by atoms with E-state index in [0.29, 0.717) is 18.1 Å². The highest BCUT2D eigenvalue weighted by Gasteiger charge is 2.17. The molecule has 2 heterocycles. The summed E-state index contributed by atoms with van der Waals surface area (Å²) in [5, 5.41) is 11.5. The van der Waals surface area contributed by atoms with Crippen LogP contribution in [0.3, 0.4) is 0 Å². The maximum absolute atomic E-state index is 13.3. The lowest BCUT2D eigenvalue weighted by Crippen LogP contribution is -2.25. The molecular weight excluding hydrogens is 425 g/mol. The highest BCUT2D eigenvalue weighted by atomic mass is 79.9. The molecule has 0 fully saturated rings. The average Bonchev–Trinajstić information content (AvgIpc) is 3.13. The fourth-order valence-electron chi connectivity index (χ4n) is 2.43. The number of rotatable bonds is 6. The van der Waals surface area contributed by atoms with Crippen LogP contribution in [0.5, 0.6) is 0 Å². The maximum atomic E-state index is 13.3. The van der Waals surface area contributed by atoms with E-state index in [4.69, 9.17) is 11.6 Å². The van der Waals surface area contributed by atoms with E-state index in [-0.39, 0.29) is 23.5 Å². The second kappa shape index (κ2) is 8.01. The van der Waals surface area contributed by atoms with Gasteiger partial charge in [-0.2, -0.15) is 10.2 Å². The Balaban J connectivity index is 1.64. The molecule has 26 heavy (non-hydrogen) atoms. The summed E-state index contributed by atoms with van der Waals surface area (Å²) in [7, 11) is 0. The minimum absolute atomic E-state index is 0.213. The summed E-state index contributed by atoms with van der Waals surface area (Å²) < 4.78 is 17.4. The predicted octanol–water partition coefficient (Wildman–Crippen LogP) is 3.96. The molecule has 3 rings (SSSR count). The fourth-order valence-corrected chi connectivity index (χ4v) is 2.95. The van der Waals surface area contributed by atoms with Gasteiger partial charge in [-0.3, -0.25) is 14.2 Å². The highest BCUT2D eigenvalue weighted by molar-refractivity contribution is 9.10. The summed E-state index contributed by atoms with van der Waals surface area (Å²) in [6, 6.07) is 6.23. The van der Waals surface area contributed by atoms with Crippen molar-refractivity contribution in [1.82, 2.24) is 19.6 Å². The van der Waals surface area contributed by atoms with Crippen LogP contribution < -0.4 is 5.32 Å². The summed E-state index contributed by atoms with van der Waals surface area (Å²) in [6.45, 7) is 2.58. The van der Waals surface area contributed by atoms with Crippen molar-refractivity contribution in [3.8, 4) is 0 Å². The smallest absolute Gasteiger partial charge is 0.230 e. The zero-order valence-electron chi connectivity index (χ0n) is 13.9. The summed E-state index contributed by atoms with van der Waals surface area (Å²) >= 11 is 9.48. The van der Waals surface area contributed by atoms with Crippen molar-refractivity contribution in [2.75, 3.05) is 5.32 Å². The van der Waals surface area contributed by atoms with Gasteiger partial charge in [0.15, 0.2) is 5.82 Å². The van der Waals surface area contributed by atoms with Crippen molar-refractivity contribution in [1.29, 1.82) is 0 Å². The van der Waals surface area contributed by atoms with Crippen LogP contribution in [-0.2, 0) is 17.9 Å². The number of carbonyl (C=O) groups is 1. The van der Waals surface area contributed by atoms with Gasteiger partial charge in [-0.15, -0.1) is 0 Å². The van der Waals surface area contributed by atoms with Crippen LogP contribution in [-0.4, -0.2) is 25.5 Å². The third-order valence-corrected chi connectivity index (χ3v) is 4.39. The van der Waals surface area contributed by atoms with Crippen molar-refractivity contribution < 1.29 is 9.18 Å². The maximum Gasteiger partial charge on any atom is 0.230 e. The summed E-state index contributed by atoms with van der Waals surface area (Å²) in [5.74, 6) is -0.573. The molecular formula is C17H16BrClFN5O. The molecule has 1 N–H and O–H groups in total. The van der Waals surface area contributed by atoms with Gasteiger partial charge < -0.3 is 5.32 Å². The minimum atomic E-state index is -0.328. The van der Waals surface area contributed by atoms with Gasteiger partial charge in [0, 0.05) is 12.4 Å². The number of carbonyl (C=O) groups excluding carboxylic acids is 1. The van der Waals surface area contributed by atoms with Crippen molar-refractivity contribution in [3.63, 3.8) is 0 Å². The Morgan fingerprint density at radius 1 is 1.38 bits per heavy atom. The summed E-state index contributed by atoms with van der Waals surface area (Å²) in [6.07, 6.45) is 5.05. The lowest BCUT2D eigenvalue weighted by Gasteiger charge is -2.11. The van der Waals surface area contributed by atoms with Gasteiger partial charge in [0.25, 0.3) is 0 Å². The molecule has 0 aliphatic rings. The Hall–Kier alpha value is -2.19. The Labute approximate surface area is 163 Å². The standard InChI is InChI=1S/C17H16BrClFN5O/c1-11(7-24-9-13(18)6-21-24)17(26)22-16-15(19)10-25(23-16)8-12-3-2-4-14(20)5-12/h2-6,9-11H,7-8H2,1H3,(H,22,23,26). The second-order valence-corrected chi connectivity index (χ2v) is 7.25. The molecule has 0 aliphatic heterocycles. The van der Waals surface area contributed by atoms with Gasteiger partial charge >= 0.3 is 0 Å². The molecule has 0 bridgehead atoms. The molecule has 3 aromatic rings. The molecule has 1 amide bonds. The van der Waals surface area contributed by atoms with Crippen LogP contribution in [0.1, 0.15) is 12.5 Å². The van der Waals surface area contributed by atoms with E-state index in [0.717, 1.165) is 10.0 Å². The Kier molecular flexibility index (Phi) is 5.73. The zero-order valence-corrected chi connectivity index (χ0v) is 16.2. The van der Waals surface area contributed by atoms with E-state index in [9.17, 15) is 9.18 Å². The first-order chi connectivity index (χ1) is 12.4. The van der Waals surface area contributed by atoms with Crippen molar-refractivity contribution in [2.45, 2.75) is 20.0 Å². The SMILES string of the molecule is CC(Cn1cc(Br)cn1)C(=O)Nc1nn(Cc2cccc(F)c2)cc1Cl. The van der Waals surface area contributed by atoms with Crippen molar-refractivity contribution >= 4 is 39.3 Å². The normalized spacial score (nSPS) is 12.2. The monoisotopic (exact) mass is 439 g/mol. The quantitative estimate of drug-likeness (QED) is 0.631. The van der Waals surface area contributed by atoms with E-state index >= 15 is 0 Å². The van der Waals surface area contributed by atoms with Crippen molar-refractivity contribution in [3.05, 3.63) is 63.7 Å². The number of amides is 1. The molecule has 1 atom stereocenters. The largest absolute Gasteiger partial charge is 0.308 e. The molecule has 0 saturated carbocycles. The topological polar surface area (TPSA) is 64.7 Å². The minimum Gasteiger partial charge on any atom is -0.308 e. The van der Waals surface area contributed by atoms with Crippen LogP contribution >= 0.6 is 27.5 Å². The number of benzene rings is 1. The number of anilines is 1. The molecule has 136 valence electrons. The first kappa shape index (κ1) is 18.6. The first-order valence-electron chi connectivity index (χ1n) is 7.87. The molecule has 2 aromatic heterocycles. The molecule has 1 unspecified atom stereocenters. The second-order valence-electron chi connectivity index (χ2n) is 5.92. The van der Waals surface area contributed by atoms with Crippen LogP contribution in [0.4, 0.5) is 10.2 Å². The number of hydrogen-bond donors (Lipinski definition) is 1. The Morgan fingerprint density at radius 2 is 2.19 bits per heavy atom. The number of hydrogen-bond acceptors (Lipinski definition) is 3. The van der Waals surface area contributed by atoms with E-state index < -0.39 is 0 Å². The van der Waals surface area contributed by atoms with Crippen LogP contribution in [0.25, 0.3) is 0 Å². The highest BCUT2D eigenvalue weighted by Crippen LogP contribution is 2.21. The molecule has 0 spiro atoms. The zero-order chi connectivity index (χ0) is 18.7. The number of nitrogens with zero attached hydrogens (tertiary/aromatic N) is 4. The van der Waals surface area contributed by atoms with E-state index in [1.54, 1.807) is 47.0 Å². The molecule has 9 heteroatoms. The van der Waals surface area contributed by atoms with Gasteiger partial charge in [-0.25, -0.2) is 4.39 Å². The Bertz CT molecular complexity index is 926. The van der Waals surface area contributed by atoms with Gasteiger partial charge in [0.05, 0.1) is 29.7 Å². The lowest BCUT2D eigenvalue weighted by molar-refractivity contribution is -0.119. The van der Waals surface area contributed by atoms with Gasteiger partial charge in [0.2, 0.25) is 5.91 Å². The van der Waals surface area contributed by atoms with Crippen LogP contribution in [0, 0.1) is 11.7 Å². The van der Waals surface area contributed by atoms with Gasteiger partial charge in [-0.05, 0) is 33.6 Å². The molecule has 1 aromatic carbocycles. The van der Waals surface area contributed by atoms with E-state index in [1.807, 2.05) is 0 Å². The average molecular weight is 441 g/mol. The number of nitrogens with one attached hydrogen (secondary N) is 1. The fraction of sp³-hybridized carbons (Fsp3) is 0.235. The Morgan fingerprint density at radius 3 is 2.88 bits per heavy atom. The molecule has 0 radical (unpaired) electrons. The summed E-state index contributed by atoms with van der Waals surface area (Å²) in [4.78, 5) is 12.4. The number of aromatic nitrogens is 4. The third-order valence-electron chi connectivity index (χ3n) is 3.70. The predicted molar refractivity (Wildman–Crippen MR) is 100 cm³/mol. The molecule has 6 nitrogen and oxygen atoms in total. The lowest BCUT2D eigenvalue weighted by atomic mass is 10.1. The van der Waals surface area contributed by atoms with Gasteiger partial charge in [-0.1, -0.05) is 30.7 Å². The summed E-state index contributed by atoms with van der Waals surface area (Å²) in [5.41, 5.74) is 0.750. The molecule has 0 aliphatic carbocycles. The van der Waals surface area contributed by atoms with Crippen LogP contribution in [0.15, 0.2) is 47.3 Å². The third kappa shape index (κ3) is 4.70. The van der Waals surface area contributed by atoms with E-state index in [1.165, 1.54) is 12.1 Å². The first-order valence-corrected chi connectivity index (χ1v) is 9.04. The van der Waals surface area contributed by atoms with Gasteiger partial charge in [0.1, 0.15) is 10.8 Å². The molecule has 0 saturated heterocycles. The number of halogens is 3.